The number of rotatable bonds is 9. The smallest absolute Gasteiger partial charge is 0.273 e. The summed E-state index contributed by atoms with van der Waals surface area (Å²) in [6.07, 6.45) is 3.29. The van der Waals surface area contributed by atoms with Crippen molar-refractivity contribution in [2.75, 3.05) is 24.8 Å². The number of nitrogens with one attached hydrogen (secondary N) is 3. The van der Waals surface area contributed by atoms with Crippen LogP contribution in [0.2, 0.25) is 0 Å². The van der Waals surface area contributed by atoms with Gasteiger partial charge in [-0.25, -0.2) is 0 Å². The van der Waals surface area contributed by atoms with Gasteiger partial charge in [0.25, 0.3) is 5.91 Å². The molecule has 0 bridgehead atoms. The van der Waals surface area contributed by atoms with Crippen molar-refractivity contribution < 1.29 is 18.8 Å². The van der Waals surface area contributed by atoms with Gasteiger partial charge in [0.15, 0.2) is 17.3 Å². The van der Waals surface area contributed by atoms with E-state index in [2.05, 4.69) is 36.3 Å². The summed E-state index contributed by atoms with van der Waals surface area (Å²) in [6.45, 7) is 2.03. The van der Waals surface area contributed by atoms with E-state index in [1.165, 1.54) is 14.2 Å². The van der Waals surface area contributed by atoms with Crippen LogP contribution in [-0.4, -0.2) is 46.3 Å². The number of para-hydroxylation sites is 1. The van der Waals surface area contributed by atoms with Crippen LogP contribution in [0.5, 0.6) is 5.75 Å². The Labute approximate surface area is 190 Å². The highest BCUT2D eigenvalue weighted by atomic mass is 16.5. The maximum absolute atomic E-state index is 12.4. The lowest BCUT2D eigenvalue weighted by Crippen LogP contribution is -2.22. The molecule has 0 radical (unpaired) electrons. The van der Waals surface area contributed by atoms with Gasteiger partial charge < -0.3 is 25.2 Å². The van der Waals surface area contributed by atoms with E-state index in [0.717, 1.165) is 19.3 Å². The summed E-state index contributed by atoms with van der Waals surface area (Å²) in [6, 6.07) is 6.97. The van der Waals surface area contributed by atoms with E-state index in [1.807, 2.05) is 13.0 Å². The number of hydrogen-bond donors (Lipinski definition) is 3. The topological polar surface area (TPSA) is 144 Å². The molecule has 1 aliphatic rings. The number of amides is 2. The molecule has 0 atom stereocenters. The summed E-state index contributed by atoms with van der Waals surface area (Å²) in [5, 5.41) is 20.5. The lowest BCUT2D eigenvalue weighted by molar-refractivity contribution is -0.117. The van der Waals surface area contributed by atoms with Crippen LogP contribution in [0.15, 0.2) is 28.8 Å². The summed E-state index contributed by atoms with van der Waals surface area (Å²) in [7, 11) is 3.03. The van der Waals surface area contributed by atoms with Crippen molar-refractivity contribution in [3.63, 3.8) is 0 Å². The molecule has 0 saturated heterocycles. The molecule has 3 aromatic rings. The van der Waals surface area contributed by atoms with E-state index in [-0.39, 0.29) is 23.3 Å². The van der Waals surface area contributed by atoms with E-state index in [9.17, 15) is 9.59 Å². The van der Waals surface area contributed by atoms with Gasteiger partial charge in [-0.2, -0.15) is 4.98 Å². The zero-order valence-electron chi connectivity index (χ0n) is 18.6. The number of carbonyl (C=O) groups is 2. The van der Waals surface area contributed by atoms with Gasteiger partial charge in [0.05, 0.1) is 24.0 Å². The van der Waals surface area contributed by atoms with Crippen molar-refractivity contribution in [1.29, 1.82) is 0 Å². The molecule has 3 N–H and O–H groups in total. The molecule has 2 amide bonds. The van der Waals surface area contributed by atoms with Crippen LogP contribution in [0.25, 0.3) is 11.4 Å². The third-order valence-electron chi connectivity index (χ3n) is 5.10. The Morgan fingerprint density at radius 1 is 1.21 bits per heavy atom. The highest BCUT2D eigenvalue weighted by Crippen LogP contribution is 2.37. The number of anilines is 3. The maximum atomic E-state index is 12.4. The standard InChI is InChI=1S/C22H25N7O4/c1-4-6-17-26-20(29-33-17)13-7-5-8-14(19(13)32-3)24-15-11-16(25-21(30)12-9-10-12)27-28-18(15)22(31)23-2/h5,7-8,11-12H,4,6,9-10H2,1-3H3,(H,23,31)(H2,24,25,27,30). The van der Waals surface area contributed by atoms with Crippen LogP contribution in [0.3, 0.4) is 0 Å². The molecule has 11 heteroatoms. The molecular formula is C22H25N7O4. The number of methoxy groups -OCH3 is 1. The number of nitrogens with zero attached hydrogens (tertiary/aromatic N) is 4. The Kier molecular flexibility index (Phi) is 6.48. The van der Waals surface area contributed by atoms with Crippen molar-refractivity contribution >= 4 is 29.0 Å². The quantitative estimate of drug-likeness (QED) is 0.447. The highest BCUT2D eigenvalue weighted by molar-refractivity contribution is 6.00. The molecule has 1 saturated carbocycles. The first-order chi connectivity index (χ1) is 16.0. The number of aromatic nitrogens is 4. The van der Waals surface area contributed by atoms with Gasteiger partial charge in [0.2, 0.25) is 17.6 Å². The molecule has 0 spiro atoms. The number of aryl methyl sites for hydroxylation is 1. The molecule has 4 rings (SSSR count). The molecule has 172 valence electrons. The van der Waals surface area contributed by atoms with Gasteiger partial charge in [-0.15, -0.1) is 10.2 Å². The lowest BCUT2D eigenvalue weighted by Gasteiger charge is -2.16. The molecule has 11 nitrogen and oxygen atoms in total. The Bertz CT molecular complexity index is 1170. The van der Waals surface area contributed by atoms with Crippen LogP contribution in [0, 0.1) is 5.92 Å². The van der Waals surface area contributed by atoms with E-state index in [1.54, 1.807) is 18.2 Å². The fourth-order valence-corrected chi connectivity index (χ4v) is 3.26. The minimum atomic E-state index is -0.428. The van der Waals surface area contributed by atoms with Crippen molar-refractivity contribution in [3.05, 3.63) is 35.9 Å². The monoisotopic (exact) mass is 451 g/mol. The summed E-state index contributed by atoms with van der Waals surface area (Å²) in [5.41, 5.74) is 1.60. The molecule has 0 aliphatic heterocycles. The zero-order valence-corrected chi connectivity index (χ0v) is 18.6. The van der Waals surface area contributed by atoms with E-state index < -0.39 is 5.91 Å². The van der Waals surface area contributed by atoms with Crippen molar-refractivity contribution in [3.8, 4) is 17.1 Å². The van der Waals surface area contributed by atoms with Gasteiger partial charge in [-0.1, -0.05) is 18.1 Å². The second-order valence-corrected chi connectivity index (χ2v) is 7.61. The Morgan fingerprint density at radius 2 is 2.03 bits per heavy atom. The van der Waals surface area contributed by atoms with E-state index in [4.69, 9.17) is 9.26 Å². The minimum Gasteiger partial charge on any atom is -0.494 e. The van der Waals surface area contributed by atoms with Gasteiger partial charge in [-0.3, -0.25) is 9.59 Å². The second-order valence-electron chi connectivity index (χ2n) is 7.61. The van der Waals surface area contributed by atoms with Crippen LogP contribution < -0.4 is 20.7 Å². The maximum Gasteiger partial charge on any atom is 0.273 e. The first kappa shape index (κ1) is 22.2. The van der Waals surface area contributed by atoms with Gasteiger partial charge in [0.1, 0.15) is 0 Å². The van der Waals surface area contributed by atoms with Gasteiger partial charge in [0, 0.05) is 25.5 Å². The van der Waals surface area contributed by atoms with Crippen LogP contribution in [0.1, 0.15) is 42.6 Å². The summed E-state index contributed by atoms with van der Waals surface area (Å²) < 4.78 is 11.0. The molecule has 1 aromatic carbocycles. The van der Waals surface area contributed by atoms with Gasteiger partial charge >= 0.3 is 0 Å². The van der Waals surface area contributed by atoms with Gasteiger partial charge in [-0.05, 0) is 31.4 Å². The first-order valence-corrected chi connectivity index (χ1v) is 10.7. The Balaban J connectivity index is 1.69. The third-order valence-corrected chi connectivity index (χ3v) is 5.10. The highest BCUT2D eigenvalue weighted by Gasteiger charge is 2.30. The fraction of sp³-hybridized carbons (Fsp3) is 0.364. The Hall–Kier alpha value is -4.02. The molecule has 2 heterocycles. The number of hydrogen-bond acceptors (Lipinski definition) is 9. The van der Waals surface area contributed by atoms with Crippen LogP contribution in [0.4, 0.5) is 17.2 Å². The molecule has 33 heavy (non-hydrogen) atoms. The largest absolute Gasteiger partial charge is 0.494 e. The fourth-order valence-electron chi connectivity index (χ4n) is 3.26. The zero-order chi connectivity index (χ0) is 23.4. The number of benzene rings is 1. The van der Waals surface area contributed by atoms with Crippen LogP contribution in [-0.2, 0) is 11.2 Å². The van der Waals surface area contributed by atoms with Crippen molar-refractivity contribution in [2.45, 2.75) is 32.6 Å². The molecular weight excluding hydrogens is 426 g/mol. The average Bonchev–Trinajstić information content (AvgIpc) is 3.58. The first-order valence-electron chi connectivity index (χ1n) is 10.7. The Morgan fingerprint density at radius 3 is 2.73 bits per heavy atom. The summed E-state index contributed by atoms with van der Waals surface area (Å²) in [5.74, 6) is 1.13. The normalized spacial score (nSPS) is 12.8. The molecule has 1 aliphatic carbocycles. The number of carbonyl (C=O) groups excluding carboxylic acids is 2. The predicted octanol–water partition coefficient (Wildman–Crippen LogP) is 2.94. The van der Waals surface area contributed by atoms with Crippen molar-refractivity contribution in [1.82, 2.24) is 25.7 Å². The number of ether oxygens (including phenoxy) is 1. The van der Waals surface area contributed by atoms with Crippen LogP contribution >= 0.6 is 0 Å². The predicted molar refractivity (Wildman–Crippen MR) is 120 cm³/mol. The minimum absolute atomic E-state index is 0.00570. The molecule has 0 unspecified atom stereocenters. The second kappa shape index (κ2) is 9.63. The molecule has 2 aromatic heterocycles. The van der Waals surface area contributed by atoms with E-state index in [0.29, 0.717) is 40.8 Å². The average molecular weight is 451 g/mol. The molecule has 1 fully saturated rings. The van der Waals surface area contributed by atoms with Crippen molar-refractivity contribution in [2.24, 2.45) is 5.92 Å². The SMILES string of the molecule is CCCc1nc(-c2cccc(Nc3cc(NC(=O)C4CC4)nnc3C(=O)NC)c2OC)no1. The lowest BCUT2D eigenvalue weighted by atomic mass is 10.1. The van der Waals surface area contributed by atoms with E-state index >= 15 is 0 Å². The summed E-state index contributed by atoms with van der Waals surface area (Å²) in [4.78, 5) is 29.0. The third kappa shape index (κ3) is 4.92. The summed E-state index contributed by atoms with van der Waals surface area (Å²) >= 11 is 0.